The Morgan fingerprint density at radius 2 is 2.04 bits per heavy atom. The zero-order valence-corrected chi connectivity index (χ0v) is 13.1. The van der Waals surface area contributed by atoms with E-state index < -0.39 is 12.3 Å². The van der Waals surface area contributed by atoms with E-state index >= 15 is 0 Å². The van der Waals surface area contributed by atoms with Crippen molar-refractivity contribution in [3.63, 3.8) is 0 Å². The fourth-order valence-electron chi connectivity index (χ4n) is 2.39. The van der Waals surface area contributed by atoms with Gasteiger partial charge in [-0.2, -0.15) is 0 Å². The van der Waals surface area contributed by atoms with Gasteiger partial charge in [-0.15, -0.1) is 0 Å². The highest BCUT2D eigenvalue weighted by molar-refractivity contribution is 5.37. The van der Waals surface area contributed by atoms with Crippen molar-refractivity contribution in [2.45, 2.75) is 32.5 Å². The average Bonchev–Trinajstić information content (AvgIpc) is 2.55. The molecule has 2 atom stereocenters. The first-order chi connectivity index (χ1) is 11.1. The topological polar surface area (TPSA) is 69.2 Å². The number of hydrogen-bond donors (Lipinski definition) is 1. The van der Waals surface area contributed by atoms with Crippen LogP contribution < -0.4 is 14.8 Å². The normalized spacial score (nSPS) is 21.0. The molecule has 3 rings (SSSR count). The molecular formula is C16H19FN4O2. The third-order valence-electron chi connectivity index (χ3n) is 3.77. The number of piperidine rings is 1. The summed E-state index contributed by atoms with van der Waals surface area (Å²) in [6, 6.07) is 3.60. The molecule has 0 radical (unpaired) electrons. The van der Waals surface area contributed by atoms with Crippen LogP contribution in [0.1, 0.15) is 17.7 Å². The molecule has 23 heavy (non-hydrogen) atoms. The van der Waals surface area contributed by atoms with E-state index in [0.29, 0.717) is 36.0 Å². The Bertz CT molecular complexity index is 683. The molecule has 7 heteroatoms. The number of hydrogen-bond acceptors (Lipinski definition) is 6. The molecule has 6 nitrogen and oxygen atoms in total. The predicted octanol–water partition coefficient (Wildman–Crippen LogP) is 2.36. The van der Waals surface area contributed by atoms with Crippen LogP contribution in [-0.2, 0) is 0 Å². The summed E-state index contributed by atoms with van der Waals surface area (Å²) in [6.45, 7) is 4.68. The van der Waals surface area contributed by atoms with Crippen molar-refractivity contribution in [3.05, 3.63) is 35.9 Å². The van der Waals surface area contributed by atoms with Gasteiger partial charge >= 0.3 is 0 Å². The summed E-state index contributed by atoms with van der Waals surface area (Å²) in [4.78, 5) is 12.4. The van der Waals surface area contributed by atoms with Gasteiger partial charge in [0.2, 0.25) is 11.8 Å². The molecule has 0 bridgehead atoms. The average molecular weight is 318 g/mol. The van der Waals surface area contributed by atoms with Crippen LogP contribution in [0, 0.1) is 13.8 Å². The van der Waals surface area contributed by atoms with Crippen molar-refractivity contribution in [3.8, 4) is 17.5 Å². The molecule has 1 fully saturated rings. The first-order valence-corrected chi connectivity index (χ1v) is 7.57. The summed E-state index contributed by atoms with van der Waals surface area (Å²) >= 11 is 0. The van der Waals surface area contributed by atoms with Crippen molar-refractivity contribution < 1.29 is 13.9 Å². The Hall–Kier alpha value is -2.28. The smallest absolute Gasteiger partial charge is 0.229 e. The van der Waals surface area contributed by atoms with Crippen molar-refractivity contribution >= 4 is 0 Å². The largest absolute Gasteiger partial charge is 0.471 e. The second-order valence-corrected chi connectivity index (χ2v) is 5.46. The molecule has 0 amide bonds. The predicted molar refractivity (Wildman–Crippen MR) is 82.6 cm³/mol. The van der Waals surface area contributed by atoms with Crippen LogP contribution in [-0.4, -0.2) is 40.3 Å². The summed E-state index contributed by atoms with van der Waals surface area (Å²) in [7, 11) is 0. The molecule has 1 saturated heterocycles. The molecule has 0 saturated carbocycles. The minimum Gasteiger partial charge on any atom is -0.471 e. The Kier molecular flexibility index (Phi) is 4.66. The van der Waals surface area contributed by atoms with Gasteiger partial charge in [0.1, 0.15) is 18.6 Å². The van der Waals surface area contributed by atoms with E-state index in [4.69, 9.17) is 9.47 Å². The van der Waals surface area contributed by atoms with Gasteiger partial charge in [-0.25, -0.2) is 14.4 Å². The van der Waals surface area contributed by atoms with E-state index in [0.717, 1.165) is 12.2 Å². The number of alkyl halides is 1. The number of aryl methyl sites for hydroxylation is 1. The SMILES string of the molecule is Cc1ncccc1Oc1ncnc(O[C@H]2CCNC[C@H]2F)c1C. The maximum atomic E-state index is 13.9. The second-order valence-electron chi connectivity index (χ2n) is 5.46. The fourth-order valence-corrected chi connectivity index (χ4v) is 2.39. The van der Waals surface area contributed by atoms with Crippen LogP contribution in [0.4, 0.5) is 4.39 Å². The third-order valence-corrected chi connectivity index (χ3v) is 3.77. The summed E-state index contributed by atoms with van der Waals surface area (Å²) in [5.74, 6) is 1.35. The van der Waals surface area contributed by atoms with Gasteiger partial charge in [-0.05, 0) is 38.9 Å². The van der Waals surface area contributed by atoms with Gasteiger partial charge in [0.15, 0.2) is 5.75 Å². The van der Waals surface area contributed by atoms with Crippen LogP contribution in [0.3, 0.4) is 0 Å². The molecule has 3 heterocycles. The van der Waals surface area contributed by atoms with Crippen molar-refractivity contribution in [1.29, 1.82) is 0 Å². The standard InChI is InChI=1S/C16H19FN4O2/c1-10-15(22-13-4-3-6-19-11(13)2)20-9-21-16(10)23-14-5-7-18-8-12(14)17/h3-4,6,9,12,14,18H,5,7-8H2,1-2H3/t12-,14+/m1/s1. The van der Waals surface area contributed by atoms with Gasteiger partial charge in [0.05, 0.1) is 11.3 Å². The molecule has 0 aromatic carbocycles. The minimum atomic E-state index is -1.05. The lowest BCUT2D eigenvalue weighted by Gasteiger charge is -2.27. The molecule has 1 aliphatic heterocycles. The summed E-state index contributed by atoms with van der Waals surface area (Å²) in [5.41, 5.74) is 1.40. The monoisotopic (exact) mass is 318 g/mol. The van der Waals surface area contributed by atoms with E-state index in [1.54, 1.807) is 19.2 Å². The molecule has 0 spiro atoms. The van der Waals surface area contributed by atoms with Crippen LogP contribution in [0.5, 0.6) is 17.5 Å². The number of nitrogens with zero attached hydrogens (tertiary/aromatic N) is 3. The Morgan fingerprint density at radius 3 is 2.83 bits per heavy atom. The second kappa shape index (κ2) is 6.87. The van der Waals surface area contributed by atoms with Crippen LogP contribution >= 0.6 is 0 Å². The molecule has 1 aliphatic rings. The number of rotatable bonds is 4. The lowest BCUT2D eigenvalue weighted by Crippen LogP contribution is -2.44. The fraction of sp³-hybridized carbons (Fsp3) is 0.438. The first-order valence-electron chi connectivity index (χ1n) is 7.57. The number of aromatic nitrogens is 3. The number of pyridine rings is 1. The van der Waals surface area contributed by atoms with Crippen LogP contribution in [0.25, 0.3) is 0 Å². The van der Waals surface area contributed by atoms with Gasteiger partial charge in [-0.3, -0.25) is 4.98 Å². The van der Waals surface area contributed by atoms with Crippen molar-refractivity contribution in [2.24, 2.45) is 0 Å². The molecule has 0 unspecified atom stereocenters. The third kappa shape index (κ3) is 3.56. The maximum absolute atomic E-state index is 13.9. The molecular weight excluding hydrogens is 299 g/mol. The Balaban J connectivity index is 1.79. The lowest BCUT2D eigenvalue weighted by atomic mass is 10.1. The van der Waals surface area contributed by atoms with E-state index in [1.807, 2.05) is 13.0 Å². The number of halogens is 1. The van der Waals surface area contributed by atoms with Crippen molar-refractivity contribution in [2.75, 3.05) is 13.1 Å². The lowest BCUT2D eigenvalue weighted by molar-refractivity contribution is 0.0683. The molecule has 2 aromatic heterocycles. The Morgan fingerprint density at radius 1 is 1.22 bits per heavy atom. The molecule has 2 aromatic rings. The van der Waals surface area contributed by atoms with E-state index in [-0.39, 0.29) is 0 Å². The van der Waals surface area contributed by atoms with Gasteiger partial charge in [-0.1, -0.05) is 0 Å². The zero-order valence-electron chi connectivity index (χ0n) is 13.1. The van der Waals surface area contributed by atoms with E-state index in [9.17, 15) is 4.39 Å². The molecule has 122 valence electrons. The quantitative estimate of drug-likeness (QED) is 0.933. The van der Waals surface area contributed by atoms with Crippen LogP contribution in [0.15, 0.2) is 24.7 Å². The van der Waals surface area contributed by atoms with Gasteiger partial charge in [0.25, 0.3) is 0 Å². The summed E-state index contributed by atoms with van der Waals surface area (Å²) in [6.07, 6.45) is 2.10. The molecule has 1 N–H and O–H groups in total. The number of ether oxygens (including phenoxy) is 2. The first kappa shape index (κ1) is 15.6. The highest BCUT2D eigenvalue weighted by atomic mass is 19.1. The van der Waals surface area contributed by atoms with Gasteiger partial charge < -0.3 is 14.8 Å². The highest BCUT2D eigenvalue weighted by Crippen LogP contribution is 2.29. The van der Waals surface area contributed by atoms with Gasteiger partial charge in [0, 0.05) is 12.7 Å². The maximum Gasteiger partial charge on any atom is 0.229 e. The summed E-state index contributed by atoms with van der Waals surface area (Å²) < 4.78 is 25.4. The highest BCUT2D eigenvalue weighted by Gasteiger charge is 2.27. The minimum absolute atomic E-state index is 0.299. The zero-order chi connectivity index (χ0) is 16.2. The van der Waals surface area contributed by atoms with E-state index in [1.165, 1.54) is 6.33 Å². The Labute approximate surface area is 134 Å². The number of nitrogens with one attached hydrogen (secondary N) is 1. The van der Waals surface area contributed by atoms with Crippen LogP contribution in [0.2, 0.25) is 0 Å². The molecule has 0 aliphatic carbocycles. The van der Waals surface area contributed by atoms with E-state index in [2.05, 4.69) is 20.3 Å². The summed E-state index contributed by atoms with van der Waals surface area (Å²) in [5, 5.41) is 3.00. The van der Waals surface area contributed by atoms with Crippen molar-refractivity contribution in [1.82, 2.24) is 20.3 Å².